The third-order valence-electron chi connectivity index (χ3n) is 4.52. The van der Waals surface area contributed by atoms with E-state index >= 15 is 0 Å². The maximum Gasteiger partial charge on any atom is 0.274 e. The fourth-order valence-corrected chi connectivity index (χ4v) is 3.54. The third-order valence-corrected chi connectivity index (χ3v) is 4.52. The molecule has 3 N–H and O–H groups in total. The molecule has 2 heterocycles. The van der Waals surface area contributed by atoms with Gasteiger partial charge in [-0.15, -0.1) is 0 Å². The second-order valence-corrected chi connectivity index (χ2v) is 5.68. The summed E-state index contributed by atoms with van der Waals surface area (Å²) < 4.78 is 0. The summed E-state index contributed by atoms with van der Waals surface area (Å²) in [4.78, 5) is 22.8. The summed E-state index contributed by atoms with van der Waals surface area (Å²) in [5, 5.41) is 0. The molecule has 20 heavy (non-hydrogen) atoms. The van der Waals surface area contributed by atoms with E-state index < -0.39 is 0 Å². The molecule has 0 aromatic carbocycles. The lowest BCUT2D eigenvalue weighted by Gasteiger charge is -2.29. The van der Waals surface area contributed by atoms with Crippen molar-refractivity contribution < 1.29 is 4.79 Å². The van der Waals surface area contributed by atoms with Gasteiger partial charge in [-0.3, -0.25) is 4.79 Å². The summed E-state index contributed by atoms with van der Waals surface area (Å²) in [6, 6.07) is 0.402. The number of aromatic nitrogens is 2. The van der Waals surface area contributed by atoms with E-state index in [0.717, 1.165) is 19.4 Å². The number of hydrogen-bond acceptors (Lipinski definition) is 5. The Bertz CT molecular complexity index is 469. The Labute approximate surface area is 118 Å². The number of carbonyl (C=O) groups is 1. The molecule has 1 saturated carbocycles. The minimum atomic E-state index is 0.00970. The molecular weight excluding hydrogens is 254 g/mol. The van der Waals surface area contributed by atoms with Crippen LogP contribution in [0.4, 0.5) is 5.82 Å². The molecule has 1 aromatic rings. The van der Waals surface area contributed by atoms with Crippen LogP contribution in [-0.2, 0) is 0 Å². The van der Waals surface area contributed by atoms with Crippen LogP contribution >= 0.6 is 0 Å². The summed E-state index contributed by atoms with van der Waals surface area (Å²) >= 11 is 0. The van der Waals surface area contributed by atoms with Crippen molar-refractivity contribution in [3.05, 3.63) is 18.1 Å². The van der Waals surface area contributed by atoms with E-state index in [4.69, 9.17) is 5.84 Å². The van der Waals surface area contributed by atoms with Crippen LogP contribution in [0.2, 0.25) is 0 Å². The lowest BCUT2D eigenvalue weighted by Crippen LogP contribution is -2.39. The summed E-state index contributed by atoms with van der Waals surface area (Å²) in [6.07, 6.45) is 10.4. The number of nitrogen functional groups attached to an aromatic ring is 1. The number of likely N-dealkylation sites (tertiary alicyclic amines) is 1. The number of amides is 1. The average molecular weight is 275 g/mol. The molecular formula is C14H21N5O. The summed E-state index contributed by atoms with van der Waals surface area (Å²) in [7, 11) is 0. The molecule has 0 radical (unpaired) electrons. The van der Waals surface area contributed by atoms with E-state index in [9.17, 15) is 4.79 Å². The highest BCUT2D eigenvalue weighted by molar-refractivity contribution is 5.92. The summed E-state index contributed by atoms with van der Waals surface area (Å²) in [6.45, 7) is 0.846. The van der Waals surface area contributed by atoms with Crippen LogP contribution in [0.25, 0.3) is 0 Å². The van der Waals surface area contributed by atoms with Crippen LogP contribution in [-0.4, -0.2) is 33.4 Å². The van der Waals surface area contributed by atoms with Crippen molar-refractivity contribution in [2.75, 3.05) is 12.0 Å². The van der Waals surface area contributed by atoms with Gasteiger partial charge < -0.3 is 10.3 Å². The van der Waals surface area contributed by atoms with E-state index in [1.165, 1.54) is 38.1 Å². The van der Waals surface area contributed by atoms with Gasteiger partial charge in [0.05, 0.1) is 12.4 Å². The van der Waals surface area contributed by atoms with E-state index in [1.54, 1.807) is 0 Å². The number of nitrogens with zero attached hydrogens (tertiary/aromatic N) is 3. The van der Waals surface area contributed by atoms with Gasteiger partial charge in [0.25, 0.3) is 5.91 Å². The van der Waals surface area contributed by atoms with Crippen LogP contribution in [0, 0.1) is 5.92 Å². The Morgan fingerprint density at radius 2 is 2.00 bits per heavy atom. The molecule has 1 aromatic heterocycles. The zero-order valence-corrected chi connectivity index (χ0v) is 11.6. The van der Waals surface area contributed by atoms with Crippen molar-refractivity contribution in [1.82, 2.24) is 14.9 Å². The van der Waals surface area contributed by atoms with Crippen molar-refractivity contribution in [1.29, 1.82) is 0 Å². The number of rotatable bonds is 3. The summed E-state index contributed by atoms with van der Waals surface area (Å²) in [5.74, 6) is 6.41. The van der Waals surface area contributed by atoms with E-state index in [0.29, 0.717) is 23.5 Å². The average Bonchev–Trinajstić information content (AvgIpc) is 3.16. The predicted octanol–water partition coefficient (Wildman–Crippen LogP) is 1.56. The Balaban J connectivity index is 1.74. The second kappa shape index (κ2) is 5.75. The molecule has 1 atom stereocenters. The predicted molar refractivity (Wildman–Crippen MR) is 75.9 cm³/mol. The molecule has 108 valence electrons. The van der Waals surface area contributed by atoms with Gasteiger partial charge in [0.15, 0.2) is 5.82 Å². The number of anilines is 1. The molecule has 6 nitrogen and oxygen atoms in total. The zero-order valence-electron chi connectivity index (χ0n) is 11.6. The first-order chi connectivity index (χ1) is 9.79. The normalized spacial score (nSPS) is 23.2. The third kappa shape index (κ3) is 2.47. The Morgan fingerprint density at radius 1 is 1.20 bits per heavy atom. The number of hydrogen-bond donors (Lipinski definition) is 2. The maximum atomic E-state index is 12.6. The largest absolute Gasteiger partial charge is 0.334 e. The van der Waals surface area contributed by atoms with Gasteiger partial charge >= 0.3 is 0 Å². The first-order valence-electron chi connectivity index (χ1n) is 7.39. The van der Waals surface area contributed by atoms with E-state index in [2.05, 4.69) is 15.4 Å². The van der Waals surface area contributed by atoms with Crippen molar-refractivity contribution in [2.45, 2.75) is 44.6 Å². The SMILES string of the molecule is NNc1cnc(C(=O)N2CCCC2C2CCCC2)cn1. The first kappa shape index (κ1) is 13.3. The molecule has 0 spiro atoms. The first-order valence-corrected chi connectivity index (χ1v) is 7.39. The molecule has 1 saturated heterocycles. The number of nitrogens with one attached hydrogen (secondary N) is 1. The standard InChI is InChI=1S/C14H21N5O/c15-18-13-9-16-11(8-17-13)14(20)19-7-3-6-12(19)10-4-1-2-5-10/h8-10,12H,1-7,15H2,(H,17,18). The lowest BCUT2D eigenvalue weighted by molar-refractivity contribution is 0.0682. The van der Waals surface area contributed by atoms with Gasteiger partial charge in [-0.25, -0.2) is 15.8 Å². The molecule has 2 fully saturated rings. The Kier molecular flexibility index (Phi) is 3.82. The summed E-state index contributed by atoms with van der Waals surface area (Å²) in [5.41, 5.74) is 2.83. The Hall–Kier alpha value is -1.69. The van der Waals surface area contributed by atoms with Gasteiger partial charge in [-0.2, -0.15) is 0 Å². The molecule has 6 heteroatoms. The number of nitrogens with two attached hydrogens (primary N) is 1. The lowest BCUT2D eigenvalue weighted by atomic mass is 9.96. The monoisotopic (exact) mass is 275 g/mol. The van der Waals surface area contributed by atoms with Gasteiger partial charge in [-0.1, -0.05) is 12.8 Å². The van der Waals surface area contributed by atoms with Crippen LogP contribution < -0.4 is 11.3 Å². The van der Waals surface area contributed by atoms with Gasteiger partial charge in [0.2, 0.25) is 0 Å². The number of carbonyl (C=O) groups excluding carboxylic acids is 1. The highest BCUT2D eigenvalue weighted by Gasteiger charge is 2.36. The number of hydrazine groups is 1. The molecule has 2 aliphatic rings. The van der Waals surface area contributed by atoms with Gasteiger partial charge in [0.1, 0.15) is 5.69 Å². The molecule has 1 aliphatic carbocycles. The highest BCUT2D eigenvalue weighted by atomic mass is 16.2. The van der Waals surface area contributed by atoms with Crippen molar-refractivity contribution in [3.63, 3.8) is 0 Å². The van der Waals surface area contributed by atoms with Gasteiger partial charge in [-0.05, 0) is 31.6 Å². The minimum absolute atomic E-state index is 0.00970. The van der Waals surface area contributed by atoms with Crippen molar-refractivity contribution >= 4 is 11.7 Å². The van der Waals surface area contributed by atoms with Crippen LogP contribution in [0.1, 0.15) is 49.0 Å². The van der Waals surface area contributed by atoms with E-state index in [1.807, 2.05) is 4.90 Å². The fraction of sp³-hybridized carbons (Fsp3) is 0.643. The zero-order chi connectivity index (χ0) is 13.9. The van der Waals surface area contributed by atoms with Crippen LogP contribution in [0.3, 0.4) is 0 Å². The van der Waals surface area contributed by atoms with Crippen molar-refractivity contribution in [2.24, 2.45) is 11.8 Å². The van der Waals surface area contributed by atoms with Crippen LogP contribution in [0.15, 0.2) is 12.4 Å². The fourth-order valence-electron chi connectivity index (χ4n) is 3.54. The molecule has 1 unspecified atom stereocenters. The topological polar surface area (TPSA) is 84.1 Å². The molecule has 3 rings (SSSR count). The second-order valence-electron chi connectivity index (χ2n) is 5.68. The van der Waals surface area contributed by atoms with E-state index in [-0.39, 0.29) is 5.91 Å². The minimum Gasteiger partial charge on any atom is -0.334 e. The molecule has 1 amide bonds. The molecule has 0 bridgehead atoms. The quantitative estimate of drug-likeness (QED) is 0.646. The van der Waals surface area contributed by atoms with Crippen LogP contribution in [0.5, 0.6) is 0 Å². The highest BCUT2D eigenvalue weighted by Crippen LogP contribution is 2.35. The Morgan fingerprint density at radius 3 is 2.65 bits per heavy atom. The maximum absolute atomic E-state index is 12.6. The molecule has 1 aliphatic heterocycles. The van der Waals surface area contributed by atoms with Crippen molar-refractivity contribution in [3.8, 4) is 0 Å². The van der Waals surface area contributed by atoms with Gasteiger partial charge in [0, 0.05) is 12.6 Å². The smallest absolute Gasteiger partial charge is 0.274 e.